The molecule has 2 heterocycles. The van der Waals surface area contributed by atoms with Gasteiger partial charge in [0.2, 0.25) is 0 Å². The fourth-order valence-corrected chi connectivity index (χ4v) is 3.45. The largest absolute Gasteiger partial charge is 0.508 e. The molecule has 4 rings (SSSR count). The van der Waals surface area contributed by atoms with Crippen molar-refractivity contribution in [2.24, 2.45) is 9.98 Å². The fraction of sp³-hybridized carbons (Fsp3) is 0.286. The third-order valence-corrected chi connectivity index (χ3v) is 4.92. The molecule has 1 atom stereocenters. The highest BCUT2D eigenvalue weighted by Crippen LogP contribution is 2.33. The summed E-state index contributed by atoms with van der Waals surface area (Å²) in [6.07, 6.45) is 9.64. The fourth-order valence-electron chi connectivity index (χ4n) is 3.45. The Morgan fingerprint density at radius 1 is 1.27 bits per heavy atom. The number of phenols is 1. The molecule has 1 aromatic heterocycles. The Kier molecular flexibility index (Phi) is 5.64. The molecule has 30 heavy (non-hydrogen) atoms. The molecule has 1 aromatic carbocycles. The first-order valence-corrected chi connectivity index (χ1v) is 9.55. The van der Waals surface area contributed by atoms with Gasteiger partial charge in [0.05, 0.1) is 44.0 Å². The van der Waals surface area contributed by atoms with Gasteiger partial charge >= 0.3 is 0 Å². The zero-order chi connectivity index (χ0) is 21.1. The van der Waals surface area contributed by atoms with Crippen molar-refractivity contribution >= 4 is 17.7 Å². The number of hydrogen-bond acceptors (Lipinski definition) is 8. The molecule has 0 saturated carbocycles. The van der Waals surface area contributed by atoms with Crippen molar-refractivity contribution < 1.29 is 20.1 Å². The molecular weight excluding hydrogens is 386 g/mol. The van der Waals surface area contributed by atoms with Crippen molar-refractivity contribution in [3.8, 4) is 11.5 Å². The molecular formula is C21H23N5O4. The summed E-state index contributed by atoms with van der Waals surface area (Å²) in [5, 5.41) is 28.9. The molecule has 9 heteroatoms. The van der Waals surface area contributed by atoms with E-state index in [1.54, 1.807) is 35.4 Å². The van der Waals surface area contributed by atoms with Gasteiger partial charge in [-0.3, -0.25) is 9.56 Å². The molecule has 0 bridgehead atoms. The number of ether oxygens (including phenoxy) is 1. The summed E-state index contributed by atoms with van der Waals surface area (Å²) in [4.78, 5) is 15.3. The number of aromatic nitrogens is 2. The Hall–Kier alpha value is -3.43. The van der Waals surface area contributed by atoms with Crippen LogP contribution in [-0.4, -0.2) is 63.2 Å². The molecule has 2 aromatic rings. The van der Waals surface area contributed by atoms with Crippen LogP contribution in [0.25, 0.3) is 0 Å². The number of anilines is 1. The van der Waals surface area contributed by atoms with Gasteiger partial charge < -0.3 is 25.0 Å². The van der Waals surface area contributed by atoms with E-state index < -0.39 is 0 Å². The molecule has 2 aliphatic rings. The summed E-state index contributed by atoms with van der Waals surface area (Å²) in [7, 11) is 1.54. The third kappa shape index (κ3) is 3.98. The SMILES string of the molecule is COc1cc(O)cc(N(CCO)C2=CCC3N=CC(n4cnc(CO)c4)=NC3=C2)c1. The van der Waals surface area contributed by atoms with E-state index in [4.69, 9.17) is 9.73 Å². The maximum Gasteiger partial charge on any atom is 0.156 e. The molecule has 9 nitrogen and oxygen atoms in total. The molecule has 1 aliphatic heterocycles. The van der Waals surface area contributed by atoms with Gasteiger partial charge in [0, 0.05) is 42.3 Å². The molecule has 1 aliphatic carbocycles. The zero-order valence-electron chi connectivity index (χ0n) is 16.5. The number of rotatable bonds is 6. The molecule has 0 amide bonds. The minimum absolute atomic E-state index is 0.0619. The number of allylic oxidation sites excluding steroid dienone is 1. The highest BCUT2D eigenvalue weighted by Gasteiger charge is 2.24. The van der Waals surface area contributed by atoms with E-state index in [0.29, 0.717) is 35.9 Å². The molecule has 0 spiro atoms. The van der Waals surface area contributed by atoms with Gasteiger partial charge in [0.15, 0.2) is 5.84 Å². The average molecular weight is 409 g/mol. The first-order valence-electron chi connectivity index (χ1n) is 9.55. The molecule has 0 saturated heterocycles. The lowest BCUT2D eigenvalue weighted by atomic mass is 10.0. The van der Waals surface area contributed by atoms with Crippen LogP contribution in [0, 0.1) is 0 Å². The first kappa shape index (κ1) is 19.9. The van der Waals surface area contributed by atoms with Crippen LogP contribution >= 0.6 is 0 Å². The van der Waals surface area contributed by atoms with Crippen molar-refractivity contribution in [3.63, 3.8) is 0 Å². The van der Waals surface area contributed by atoms with Crippen LogP contribution in [0.15, 0.2) is 64.3 Å². The minimum Gasteiger partial charge on any atom is -0.508 e. The van der Waals surface area contributed by atoms with Crippen molar-refractivity contribution in [2.45, 2.75) is 19.1 Å². The van der Waals surface area contributed by atoms with Crippen molar-refractivity contribution in [3.05, 3.63) is 60.0 Å². The number of aromatic hydroxyl groups is 1. The van der Waals surface area contributed by atoms with Crippen LogP contribution in [0.1, 0.15) is 12.1 Å². The summed E-state index contributed by atoms with van der Waals surface area (Å²) in [6, 6.07) is 4.88. The molecule has 156 valence electrons. The maximum absolute atomic E-state index is 10.0. The van der Waals surface area contributed by atoms with E-state index in [1.165, 1.54) is 13.2 Å². The summed E-state index contributed by atoms with van der Waals surface area (Å²) in [5.74, 6) is 1.22. The second-order valence-corrected chi connectivity index (χ2v) is 6.89. The summed E-state index contributed by atoms with van der Waals surface area (Å²) < 4.78 is 6.98. The Balaban J connectivity index is 1.67. The van der Waals surface area contributed by atoms with Crippen molar-refractivity contribution in [2.75, 3.05) is 25.2 Å². The quantitative estimate of drug-likeness (QED) is 0.665. The standard InChI is InChI=1S/C21H23N5O4/c1-30-18-7-16(6-17(29)9-18)26(4-5-27)15-2-3-19-20(8-15)24-21(10-22-19)25-11-14(12-28)23-13-25/h2,6-11,13,19,27-29H,3-5,12H2,1H3. The molecule has 1 unspecified atom stereocenters. The van der Waals surface area contributed by atoms with Crippen LogP contribution in [0.3, 0.4) is 0 Å². The van der Waals surface area contributed by atoms with Crippen LogP contribution in [0.4, 0.5) is 5.69 Å². The van der Waals surface area contributed by atoms with Gasteiger partial charge in [-0.25, -0.2) is 9.98 Å². The number of imidazole rings is 1. The number of aliphatic hydroxyl groups is 2. The Labute approximate surface area is 173 Å². The van der Waals surface area contributed by atoms with E-state index in [2.05, 4.69) is 9.98 Å². The van der Waals surface area contributed by atoms with Gasteiger partial charge in [-0.2, -0.15) is 0 Å². The number of aliphatic imine (C=N–C) groups is 2. The number of phenolic OH excluding ortho intramolecular Hbond substituents is 1. The number of methoxy groups -OCH3 is 1. The Bertz CT molecular complexity index is 1050. The van der Waals surface area contributed by atoms with Gasteiger partial charge in [-0.05, 0) is 12.5 Å². The van der Waals surface area contributed by atoms with Crippen LogP contribution in [-0.2, 0) is 6.61 Å². The second-order valence-electron chi connectivity index (χ2n) is 6.89. The minimum atomic E-state index is -0.140. The maximum atomic E-state index is 10.0. The highest BCUT2D eigenvalue weighted by atomic mass is 16.5. The topological polar surface area (TPSA) is 116 Å². The average Bonchev–Trinajstić information content (AvgIpc) is 3.25. The zero-order valence-corrected chi connectivity index (χ0v) is 16.5. The smallest absolute Gasteiger partial charge is 0.156 e. The highest BCUT2D eigenvalue weighted by molar-refractivity contribution is 6.31. The lowest BCUT2D eigenvalue weighted by molar-refractivity contribution is 0.277. The number of nitrogens with zero attached hydrogens (tertiary/aromatic N) is 5. The molecule has 3 N–H and O–H groups in total. The summed E-state index contributed by atoms with van der Waals surface area (Å²) >= 11 is 0. The van der Waals surface area contributed by atoms with Gasteiger partial charge in [-0.1, -0.05) is 6.08 Å². The monoisotopic (exact) mass is 409 g/mol. The van der Waals surface area contributed by atoms with Crippen molar-refractivity contribution in [1.29, 1.82) is 0 Å². The lowest BCUT2D eigenvalue weighted by Crippen LogP contribution is -2.29. The van der Waals surface area contributed by atoms with Gasteiger partial charge in [0.1, 0.15) is 17.8 Å². The van der Waals surface area contributed by atoms with Crippen LogP contribution in [0.5, 0.6) is 11.5 Å². The number of fused-ring (bicyclic) bond motifs is 1. The van der Waals surface area contributed by atoms with E-state index >= 15 is 0 Å². The number of benzene rings is 1. The predicted molar refractivity (Wildman–Crippen MR) is 113 cm³/mol. The van der Waals surface area contributed by atoms with Crippen molar-refractivity contribution in [1.82, 2.24) is 9.55 Å². The van der Waals surface area contributed by atoms with Crippen LogP contribution < -0.4 is 9.64 Å². The van der Waals surface area contributed by atoms with E-state index in [1.807, 2.05) is 17.1 Å². The van der Waals surface area contributed by atoms with E-state index in [-0.39, 0.29) is 25.0 Å². The summed E-state index contributed by atoms with van der Waals surface area (Å²) in [5.41, 5.74) is 2.90. The summed E-state index contributed by atoms with van der Waals surface area (Å²) in [6.45, 7) is 0.140. The normalized spacial score (nSPS) is 17.7. The third-order valence-electron chi connectivity index (χ3n) is 4.92. The predicted octanol–water partition coefficient (Wildman–Crippen LogP) is 1.46. The van der Waals surface area contributed by atoms with Gasteiger partial charge in [0.25, 0.3) is 0 Å². The Morgan fingerprint density at radius 3 is 2.87 bits per heavy atom. The molecule has 0 fully saturated rings. The first-order chi connectivity index (χ1) is 14.6. The number of aliphatic hydroxyl groups excluding tert-OH is 2. The van der Waals surface area contributed by atoms with E-state index in [9.17, 15) is 15.3 Å². The Morgan fingerprint density at radius 2 is 2.13 bits per heavy atom. The lowest BCUT2D eigenvalue weighted by Gasteiger charge is -2.30. The molecule has 0 radical (unpaired) electrons. The number of hydrogen-bond donors (Lipinski definition) is 3. The van der Waals surface area contributed by atoms with Crippen LogP contribution in [0.2, 0.25) is 0 Å². The van der Waals surface area contributed by atoms with Gasteiger partial charge in [-0.15, -0.1) is 0 Å². The second kappa shape index (κ2) is 8.52. The van der Waals surface area contributed by atoms with E-state index in [0.717, 1.165) is 11.4 Å².